The van der Waals surface area contributed by atoms with Crippen LogP contribution in [0.5, 0.6) is 11.5 Å². The fourth-order valence-electron chi connectivity index (χ4n) is 3.23. The molecule has 3 rings (SSSR count). The van der Waals surface area contributed by atoms with Gasteiger partial charge in [0.15, 0.2) is 0 Å². The molecule has 8 heteroatoms. The number of hydrogen-bond donors (Lipinski definition) is 1. The third-order valence-electron chi connectivity index (χ3n) is 4.95. The molecule has 0 aliphatic carbocycles. The van der Waals surface area contributed by atoms with Crippen LogP contribution in [0.4, 0.5) is 0 Å². The van der Waals surface area contributed by atoms with Gasteiger partial charge in [-0.2, -0.15) is 4.31 Å². The van der Waals surface area contributed by atoms with Crippen molar-refractivity contribution in [3.05, 3.63) is 59.7 Å². The molecule has 2 aromatic carbocycles. The number of benzene rings is 2. The van der Waals surface area contributed by atoms with Crippen LogP contribution in [-0.2, 0) is 21.4 Å². The molecule has 30 heavy (non-hydrogen) atoms. The number of methoxy groups -OCH3 is 2. The fourth-order valence-corrected chi connectivity index (χ4v) is 4.74. The van der Waals surface area contributed by atoms with Crippen molar-refractivity contribution in [3.63, 3.8) is 0 Å². The maximum atomic E-state index is 12.6. The highest BCUT2D eigenvalue weighted by molar-refractivity contribution is 7.89. The molecule has 1 heterocycles. The zero-order valence-electron chi connectivity index (χ0n) is 17.1. The van der Waals surface area contributed by atoms with E-state index in [0.717, 1.165) is 24.0 Å². The molecule has 0 aromatic heterocycles. The first-order chi connectivity index (χ1) is 14.4. The van der Waals surface area contributed by atoms with Crippen molar-refractivity contribution < 1.29 is 22.7 Å². The highest BCUT2D eigenvalue weighted by atomic mass is 32.2. The van der Waals surface area contributed by atoms with Crippen molar-refractivity contribution in [2.75, 3.05) is 27.3 Å². The Labute approximate surface area is 177 Å². The van der Waals surface area contributed by atoms with Gasteiger partial charge in [0.2, 0.25) is 15.9 Å². The van der Waals surface area contributed by atoms with Gasteiger partial charge in [-0.05, 0) is 48.7 Å². The van der Waals surface area contributed by atoms with Gasteiger partial charge in [0.05, 0.1) is 19.1 Å². The summed E-state index contributed by atoms with van der Waals surface area (Å²) < 4.78 is 37.1. The first-order valence-corrected chi connectivity index (χ1v) is 11.1. The van der Waals surface area contributed by atoms with Gasteiger partial charge in [-0.15, -0.1) is 0 Å². The van der Waals surface area contributed by atoms with E-state index < -0.39 is 10.0 Å². The largest absolute Gasteiger partial charge is 0.497 e. The molecule has 7 nitrogen and oxygen atoms in total. The Morgan fingerprint density at radius 1 is 1.07 bits per heavy atom. The van der Waals surface area contributed by atoms with Crippen molar-refractivity contribution in [3.8, 4) is 11.5 Å². The van der Waals surface area contributed by atoms with E-state index in [1.807, 2.05) is 0 Å². The summed E-state index contributed by atoms with van der Waals surface area (Å²) in [7, 11) is -0.293. The molecule has 1 aliphatic heterocycles. The van der Waals surface area contributed by atoms with E-state index in [9.17, 15) is 13.2 Å². The van der Waals surface area contributed by atoms with Crippen LogP contribution in [0.2, 0.25) is 0 Å². The zero-order chi connectivity index (χ0) is 21.6. The fraction of sp³-hybridized carbons (Fsp3) is 0.318. The Morgan fingerprint density at radius 2 is 1.77 bits per heavy atom. The van der Waals surface area contributed by atoms with Gasteiger partial charge in [-0.3, -0.25) is 4.79 Å². The molecule has 160 valence electrons. The van der Waals surface area contributed by atoms with E-state index in [-0.39, 0.29) is 10.8 Å². The standard InChI is InChI=1S/C22H26N2O5S/c1-28-19-9-7-18(21(15-19)29-2)8-12-22(25)23-16-17-5-10-20(11-6-17)30(26,27)24-13-3-4-14-24/h5-12,15H,3-4,13-14,16H2,1-2H3,(H,23,25)/b12-8+. The predicted molar refractivity (Wildman–Crippen MR) is 115 cm³/mol. The minimum absolute atomic E-state index is 0.262. The van der Waals surface area contributed by atoms with Gasteiger partial charge >= 0.3 is 0 Å². The summed E-state index contributed by atoms with van der Waals surface area (Å²) in [5, 5.41) is 2.79. The van der Waals surface area contributed by atoms with E-state index in [4.69, 9.17) is 9.47 Å². The number of ether oxygens (including phenoxy) is 2. The van der Waals surface area contributed by atoms with E-state index in [1.165, 1.54) is 10.4 Å². The van der Waals surface area contributed by atoms with Crippen molar-refractivity contribution in [1.29, 1.82) is 0 Å². The van der Waals surface area contributed by atoms with Gasteiger partial charge in [0, 0.05) is 37.3 Å². The van der Waals surface area contributed by atoms with Gasteiger partial charge in [0.1, 0.15) is 11.5 Å². The molecular weight excluding hydrogens is 404 g/mol. The smallest absolute Gasteiger partial charge is 0.244 e. The van der Waals surface area contributed by atoms with Crippen LogP contribution in [0.25, 0.3) is 6.08 Å². The summed E-state index contributed by atoms with van der Waals surface area (Å²) in [6.07, 6.45) is 4.90. The third kappa shape index (κ3) is 5.20. The molecule has 0 bridgehead atoms. The average Bonchev–Trinajstić information content (AvgIpc) is 3.32. The molecule has 1 aliphatic rings. The van der Waals surface area contributed by atoms with Gasteiger partial charge < -0.3 is 14.8 Å². The molecule has 0 unspecified atom stereocenters. The van der Waals surface area contributed by atoms with Gasteiger partial charge in [-0.25, -0.2) is 8.42 Å². The van der Waals surface area contributed by atoms with Crippen molar-refractivity contribution in [1.82, 2.24) is 9.62 Å². The number of carbonyl (C=O) groups excluding carboxylic acids is 1. The van der Waals surface area contributed by atoms with Crippen molar-refractivity contribution in [2.24, 2.45) is 0 Å². The first kappa shape index (κ1) is 21.9. The minimum atomic E-state index is -3.42. The number of carbonyl (C=O) groups is 1. The summed E-state index contributed by atoms with van der Waals surface area (Å²) in [4.78, 5) is 12.4. The second-order valence-corrected chi connectivity index (χ2v) is 8.85. The minimum Gasteiger partial charge on any atom is -0.497 e. The second kappa shape index (κ2) is 9.77. The van der Waals surface area contributed by atoms with Gasteiger partial charge in [0.25, 0.3) is 0 Å². The lowest BCUT2D eigenvalue weighted by Gasteiger charge is -2.15. The highest BCUT2D eigenvalue weighted by Gasteiger charge is 2.26. The molecule has 0 atom stereocenters. The lowest BCUT2D eigenvalue weighted by molar-refractivity contribution is -0.116. The van der Waals surface area contributed by atoms with Crippen LogP contribution in [0, 0.1) is 0 Å². The topological polar surface area (TPSA) is 84.9 Å². The first-order valence-electron chi connectivity index (χ1n) is 9.71. The Kier molecular flexibility index (Phi) is 7.12. The Bertz CT molecular complexity index is 1010. The molecule has 1 fully saturated rings. The molecule has 2 aromatic rings. The Hall–Kier alpha value is -2.84. The number of nitrogens with zero attached hydrogens (tertiary/aromatic N) is 1. The summed E-state index contributed by atoms with van der Waals surface area (Å²) in [5.74, 6) is 1.01. The summed E-state index contributed by atoms with van der Waals surface area (Å²) in [5.41, 5.74) is 1.57. The van der Waals surface area contributed by atoms with E-state index in [2.05, 4.69) is 5.32 Å². The molecule has 0 radical (unpaired) electrons. The van der Waals surface area contributed by atoms with E-state index in [1.54, 1.807) is 62.8 Å². The Morgan fingerprint density at radius 3 is 2.40 bits per heavy atom. The summed E-state index contributed by atoms with van der Waals surface area (Å²) >= 11 is 0. The van der Waals surface area contributed by atoms with Crippen LogP contribution in [0.1, 0.15) is 24.0 Å². The number of hydrogen-bond acceptors (Lipinski definition) is 5. The summed E-state index contributed by atoms with van der Waals surface area (Å²) in [6.45, 7) is 1.45. The average molecular weight is 431 g/mol. The molecule has 0 spiro atoms. The number of nitrogens with one attached hydrogen (secondary N) is 1. The van der Waals surface area contributed by atoms with E-state index >= 15 is 0 Å². The predicted octanol–water partition coefficient (Wildman–Crippen LogP) is 2.82. The van der Waals surface area contributed by atoms with Crippen LogP contribution >= 0.6 is 0 Å². The normalized spacial score (nSPS) is 14.7. The highest BCUT2D eigenvalue weighted by Crippen LogP contribution is 2.25. The van der Waals surface area contributed by atoms with E-state index in [0.29, 0.717) is 31.1 Å². The monoisotopic (exact) mass is 430 g/mol. The van der Waals surface area contributed by atoms with Crippen molar-refractivity contribution >= 4 is 22.0 Å². The van der Waals surface area contributed by atoms with Crippen LogP contribution < -0.4 is 14.8 Å². The maximum Gasteiger partial charge on any atom is 0.244 e. The number of amides is 1. The van der Waals surface area contributed by atoms with Crippen LogP contribution in [0.15, 0.2) is 53.4 Å². The molecule has 1 saturated heterocycles. The molecule has 1 amide bonds. The second-order valence-electron chi connectivity index (χ2n) is 6.91. The third-order valence-corrected chi connectivity index (χ3v) is 6.86. The quantitative estimate of drug-likeness (QED) is 0.651. The number of rotatable bonds is 8. The molecule has 0 saturated carbocycles. The van der Waals surface area contributed by atoms with Crippen molar-refractivity contribution in [2.45, 2.75) is 24.3 Å². The maximum absolute atomic E-state index is 12.6. The van der Waals surface area contributed by atoms with Gasteiger partial charge in [-0.1, -0.05) is 12.1 Å². The SMILES string of the molecule is COc1ccc(/C=C/C(=O)NCc2ccc(S(=O)(=O)N3CCCC3)cc2)c(OC)c1. The zero-order valence-corrected chi connectivity index (χ0v) is 17.9. The lowest BCUT2D eigenvalue weighted by atomic mass is 10.1. The summed E-state index contributed by atoms with van der Waals surface area (Å²) in [6, 6.07) is 12.0. The van der Waals surface area contributed by atoms with Crippen LogP contribution in [-0.4, -0.2) is 45.9 Å². The molecular formula is C22H26N2O5S. The lowest BCUT2D eigenvalue weighted by Crippen LogP contribution is -2.27. The van der Waals surface area contributed by atoms with Crippen LogP contribution in [0.3, 0.4) is 0 Å². The number of sulfonamides is 1. The molecule has 1 N–H and O–H groups in total. The Balaban J connectivity index is 1.58.